The average Bonchev–Trinajstić information content (AvgIpc) is 2.21. The van der Waals surface area contributed by atoms with E-state index in [1.807, 2.05) is 32.0 Å². The molecule has 0 spiro atoms. The second-order valence-electron chi connectivity index (χ2n) is 4.35. The van der Waals surface area contributed by atoms with Crippen molar-refractivity contribution in [3.63, 3.8) is 0 Å². The van der Waals surface area contributed by atoms with E-state index in [1.165, 1.54) is 0 Å². The molecule has 1 rings (SSSR count). The van der Waals surface area contributed by atoms with E-state index in [0.29, 0.717) is 0 Å². The zero-order chi connectivity index (χ0) is 13.8. The zero-order valence-electron chi connectivity index (χ0n) is 10.4. The summed E-state index contributed by atoms with van der Waals surface area (Å²) in [5.74, 6) is -0.248. The number of carbonyl (C=O) groups excluding carboxylic acids is 1. The van der Waals surface area contributed by atoms with Gasteiger partial charge in [0.25, 0.3) is 0 Å². The smallest absolute Gasteiger partial charge is 0.302 e. The van der Waals surface area contributed by atoms with Gasteiger partial charge in [-0.2, -0.15) is 13.2 Å². The van der Waals surface area contributed by atoms with Crippen molar-refractivity contribution < 1.29 is 18.0 Å². The number of benzene rings is 1. The Morgan fingerprint density at radius 3 is 2.44 bits per heavy atom. The fourth-order valence-electron chi connectivity index (χ4n) is 1.55. The fraction of sp³-hybridized carbons (Fsp3) is 0.462. The molecule has 0 aliphatic carbocycles. The van der Waals surface area contributed by atoms with Crippen LogP contribution < -0.4 is 5.32 Å². The van der Waals surface area contributed by atoms with Crippen molar-refractivity contribution in [3.05, 3.63) is 34.9 Å². The molecule has 0 atom stereocenters. The summed E-state index contributed by atoms with van der Waals surface area (Å²) in [6.45, 7) is 2.51. The first-order valence-electron chi connectivity index (χ1n) is 5.63. The van der Waals surface area contributed by atoms with Crippen LogP contribution in [0.2, 0.25) is 0 Å². The van der Waals surface area contributed by atoms with Crippen molar-refractivity contribution in [2.75, 3.05) is 13.1 Å². The molecule has 1 aromatic carbocycles. The summed E-state index contributed by atoms with van der Waals surface area (Å²) in [5.41, 5.74) is 3.03. The molecule has 0 saturated heterocycles. The second-order valence-corrected chi connectivity index (χ2v) is 4.35. The number of Topliss-reactive ketones (excluding diaryl/α,β-unsaturated/α-hetero) is 1. The molecule has 0 aliphatic heterocycles. The van der Waals surface area contributed by atoms with E-state index in [2.05, 4.69) is 5.32 Å². The lowest BCUT2D eigenvalue weighted by Crippen LogP contribution is -2.33. The molecule has 2 nitrogen and oxygen atoms in total. The summed E-state index contributed by atoms with van der Waals surface area (Å²) >= 11 is 0. The molecule has 1 aromatic rings. The van der Waals surface area contributed by atoms with Crippen LogP contribution in [0.1, 0.15) is 16.7 Å². The van der Waals surface area contributed by atoms with E-state index in [9.17, 15) is 18.0 Å². The highest BCUT2D eigenvalue weighted by Crippen LogP contribution is 2.12. The van der Waals surface area contributed by atoms with Gasteiger partial charge in [-0.05, 0) is 30.5 Å². The van der Waals surface area contributed by atoms with E-state index in [-0.39, 0.29) is 18.7 Å². The Morgan fingerprint density at radius 2 is 1.89 bits per heavy atom. The highest BCUT2D eigenvalue weighted by atomic mass is 19.4. The van der Waals surface area contributed by atoms with E-state index in [1.54, 1.807) is 0 Å². The van der Waals surface area contributed by atoms with Gasteiger partial charge in [-0.3, -0.25) is 4.79 Å². The van der Waals surface area contributed by atoms with Gasteiger partial charge in [-0.1, -0.05) is 18.2 Å². The summed E-state index contributed by atoms with van der Waals surface area (Å²) in [7, 11) is 0. The molecule has 0 aromatic heterocycles. The van der Waals surface area contributed by atoms with Crippen LogP contribution in [0, 0.1) is 13.8 Å². The van der Waals surface area contributed by atoms with Crippen LogP contribution in [-0.4, -0.2) is 25.0 Å². The maximum absolute atomic E-state index is 11.9. The number of nitrogens with one attached hydrogen (secondary N) is 1. The van der Waals surface area contributed by atoms with E-state index >= 15 is 0 Å². The largest absolute Gasteiger partial charge is 0.401 e. The Hall–Kier alpha value is -1.36. The van der Waals surface area contributed by atoms with Gasteiger partial charge in [-0.15, -0.1) is 0 Å². The van der Waals surface area contributed by atoms with Gasteiger partial charge in [0.15, 0.2) is 5.78 Å². The zero-order valence-corrected chi connectivity index (χ0v) is 10.4. The molecule has 0 heterocycles. The van der Waals surface area contributed by atoms with Crippen LogP contribution in [0.3, 0.4) is 0 Å². The fourth-order valence-corrected chi connectivity index (χ4v) is 1.55. The molecular weight excluding hydrogens is 243 g/mol. The van der Waals surface area contributed by atoms with Crippen molar-refractivity contribution >= 4 is 5.78 Å². The molecule has 100 valence electrons. The van der Waals surface area contributed by atoms with Crippen LogP contribution in [0.4, 0.5) is 13.2 Å². The number of aryl methyl sites for hydroxylation is 2. The monoisotopic (exact) mass is 259 g/mol. The molecule has 18 heavy (non-hydrogen) atoms. The van der Waals surface area contributed by atoms with Crippen molar-refractivity contribution in [2.45, 2.75) is 26.4 Å². The van der Waals surface area contributed by atoms with Crippen molar-refractivity contribution in [1.29, 1.82) is 0 Å². The maximum atomic E-state index is 11.9. The lowest BCUT2D eigenvalue weighted by Gasteiger charge is -2.08. The number of carbonyl (C=O) groups is 1. The van der Waals surface area contributed by atoms with E-state index in [4.69, 9.17) is 0 Å². The van der Waals surface area contributed by atoms with Crippen molar-refractivity contribution in [1.82, 2.24) is 5.32 Å². The molecule has 0 unspecified atom stereocenters. The normalized spacial score (nSPS) is 11.6. The molecule has 0 bridgehead atoms. The molecule has 0 aliphatic rings. The Morgan fingerprint density at radius 1 is 1.22 bits per heavy atom. The third kappa shape index (κ3) is 5.31. The van der Waals surface area contributed by atoms with Crippen LogP contribution >= 0.6 is 0 Å². The molecule has 0 radical (unpaired) electrons. The van der Waals surface area contributed by atoms with Gasteiger partial charge >= 0.3 is 6.18 Å². The number of rotatable bonds is 5. The summed E-state index contributed by atoms with van der Waals surface area (Å²) in [5, 5.41) is 2.10. The predicted molar refractivity (Wildman–Crippen MR) is 63.6 cm³/mol. The molecule has 0 amide bonds. The third-order valence-corrected chi connectivity index (χ3v) is 2.62. The summed E-state index contributed by atoms with van der Waals surface area (Å²) in [6.07, 6.45) is -4.12. The SMILES string of the molecule is Cc1ccc(CC(=O)CNCC(F)(F)F)cc1C. The lowest BCUT2D eigenvalue weighted by molar-refractivity contribution is -0.127. The molecule has 0 saturated carbocycles. The number of hydrogen-bond donors (Lipinski definition) is 1. The van der Waals surface area contributed by atoms with Gasteiger partial charge < -0.3 is 5.32 Å². The average molecular weight is 259 g/mol. The highest BCUT2D eigenvalue weighted by molar-refractivity contribution is 5.82. The van der Waals surface area contributed by atoms with Gasteiger partial charge in [-0.25, -0.2) is 0 Å². The van der Waals surface area contributed by atoms with Gasteiger partial charge in [0.2, 0.25) is 0 Å². The van der Waals surface area contributed by atoms with E-state index < -0.39 is 12.7 Å². The maximum Gasteiger partial charge on any atom is 0.401 e. The minimum absolute atomic E-state index is 0.159. The number of hydrogen-bond acceptors (Lipinski definition) is 2. The minimum atomic E-state index is -4.28. The first-order valence-corrected chi connectivity index (χ1v) is 5.63. The molecule has 1 N–H and O–H groups in total. The first-order chi connectivity index (χ1) is 8.28. The summed E-state index contributed by atoms with van der Waals surface area (Å²) < 4.78 is 35.6. The van der Waals surface area contributed by atoms with Crippen LogP contribution in [0.25, 0.3) is 0 Å². The van der Waals surface area contributed by atoms with Crippen LogP contribution in [-0.2, 0) is 11.2 Å². The minimum Gasteiger partial charge on any atom is -0.302 e. The standard InChI is InChI=1S/C13H16F3NO/c1-9-3-4-11(5-10(9)2)6-12(18)7-17-8-13(14,15)16/h3-5,17H,6-8H2,1-2H3. The van der Waals surface area contributed by atoms with Crippen molar-refractivity contribution in [2.24, 2.45) is 0 Å². The third-order valence-electron chi connectivity index (χ3n) is 2.62. The molecule has 0 fully saturated rings. The summed E-state index contributed by atoms with van der Waals surface area (Å²) in [6, 6.07) is 5.61. The van der Waals surface area contributed by atoms with Gasteiger partial charge in [0.05, 0.1) is 13.1 Å². The quantitative estimate of drug-likeness (QED) is 0.880. The Bertz CT molecular complexity index is 427. The number of alkyl halides is 3. The number of halogens is 3. The lowest BCUT2D eigenvalue weighted by atomic mass is 10.0. The number of ketones is 1. The Balaban J connectivity index is 2.42. The van der Waals surface area contributed by atoms with Crippen molar-refractivity contribution in [3.8, 4) is 0 Å². The van der Waals surface area contributed by atoms with E-state index in [0.717, 1.165) is 16.7 Å². The Labute approximate surface area is 104 Å². The van der Waals surface area contributed by atoms with Crippen LogP contribution in [0.5, 0.6) is 0 Å². The first kappa shape index (κ1) is 14.7. The van der Waals surface area contributed by atoms with Crippen LogP contribution in [0.15, 0.2) is 18.2 Å². The molecule has 5 heteroatoms. The predicted octanol–water partition coefficient (Wildman–Crippen LogP) is 2.57. The second kappa shape index (κ2) is 6.00. The highest BCUT2D eigenvalue weighted by Gasteiger charge is 2.26. The Kier molecular flexibility index (Phi) is 4.90. The summed E-state index contributed by atoms with van der Waals surface area (Å²) in [4.78, 5) is 11.5. The van der Waals surface area contributed by atoms with Gasteiger partial charge in [0, 0.05) is 6.42 Å². The topological polar surface area (TPSA) is 29.1 Å². The molecular formula is C13H16F3NO. The van der Waals surface area contributed by atoms with Gasteiger partial charge in [0.1, 0.15) is 0 Å².